The number of aliphatic carboxylic acids is 1. The van der Waals surface area contributed by atoms with Gasteiger partial charge >= 0.3 is 12.1 Å². The van der Waals surface area contributed by atoms with E-state index >= 15 is 0 Å². The van der Waals surface area contributed by atoms with Crippen molar-refractivity contribution in [2.24, 2.45) is 0 Å². The topological polar surface area (TPSA) is 95.9 Å². The summed E-state index contributed by atoms with van der Waals surface area (Å²) in [5.41, 5.74) is 4.62. The van der Waals surface area contributed by atoms with Crippen molar-refractivity contribution in [3.63, 3.8) is 0 Å². The van der Waals surface area contributed by atoms with Crippen molar-refractivity contribution in [2.45, 2.75) is 44.1 Å². The van der Waals surface area contributed by atoms with E-state index in [1.807, 2.05) is 24.3 Å². The van der Waals surface area contributed by atoms with Gasteiger partial charge < -0.3 is 20.1 Å². The molecule has 0 bridgehead atoms. The first-order valence-corrected chi connectivity index (χ1v) is 11.1. The molecule has 2 aromatic carbocycles. The zero-order valence-electron chi connectivity index (χ0n) is 18.0. The fourth-order valence-electron chi connectivity index (χ4n) is 4.81. The van der Waals surface area contributed by atoms with Gasteiger partial charge in [0.05, 0.1) is 6.42 Å². The highest BCUT2D eigenvalue weighted by Gasteiger charge is 2.30. The molecule has 168 valence electrons. The van der Waals surface area contributed by atoms with Gasteiger partial charge in [0.2, 0.25) is 5.91 Å². The van der Waals surface area contributed by atoms with E-state index in [0.717, 1.165) is 24.0 Å². The Morgan fingerprint density at radius 1 is 1.00 bits per heavy atom. The van der Waals surface area contributed by atoms with Crippen molar-refractivity contribution in [3.05, 3.63) is 59.7 Å². The Balaban J connectivity index is 1.27. The Morgan fingerprint density at radius 2 is 1.66 bits per heavy atom. The quantitative estimate of drug-likeness (QED) is 0.689. The van der Waals surface area contributed by atoms with Gasteiger partial charge in [-0.05, 0) is 41.5 Å². The lowest BCUT2D eigenvalue weighted by atomic mass is 9.98. The molecule has 0 saturated carbocycles. The normalized spacial score (nSPS) is 17.4. The van der Waals surface area contributed by atoms with Gasteiger partial charge in [-0.3, -0.25) is 9.59 Å². The predicted octanol–water partition coefficient (Wildman–Crippen LogP) is 3.77. The number of carbonyl (C=O) groups is 3. The van der Waals surface area contributed by atoms with Crippen LogP contribution in [0.15, 0.2) is 48.5 Å². The number of rotatable bonds is 7. The summed E-state index contributed by atoms with van der Waals surface area (Å²) in [6.07, 6.45) is 2.05. The van der Waals surface area contributed by atoms with Crippen LogP contribution in [0.5, 0.6) is 0 Å². The zero-order valence-corrected chi connectivity index (χ0v) is 18.0. The molecule has 7 nitrogen and oxygen atoms in total. The van der Waals surface area contributed by atoms with Crippen LogP contribution in [0.4, 0.5) is 4.79 Å². The number of nitrogens with one attached hydrogen (secondary N) is 1. The lowest BCUT2D eigenvalue weighted by Crippen LogP contribution is -2.45. The standard InChI is InChI=1S/C25H28N2O5/c28-23(27-14-6-5-7-17(27)15-24(29)30)12-13-26-25(31)32-16-22-20-10-3-1-8-18(20)19-9-2-4-11-21(19)22/h1-4,8-11,17,22H,5-7,12-16H2,(H,26,31)(H,29,30). The predicted molar refractivity (Wildman–Crippen MR) is 119 cm³/mol. The third kappa shape index (κ3) is 4.77. The molecule has 1 saturated heterocycles. The SMILES string of the molecule is O=C(O)CC1CCCCN1C(=O)CCNC(=O)OCC1c2ccccc2-c2ccccc21. The lowest BCUT2D eigenvalue weighted by molar-refractivity contribution is -0.141. The van der Waals surface area contributed by atoms with Gasteiger partial charge in [-0.1, -0.05) is 48.5 Å². The molecule has 1 heterocycles. The number of nitrogens with zero attached hydrogens (tertiary/aromatic N) is 1. The summed E-state index contributed by atoms with van der Waals surface area (Å²) in [7, 11) is 0. The summed E-state index contributed by atoms with van der Waals surface area (Å²) < 4.78 is 5.49. The maximum Gasteiger partial charge on any atom is 0.407 e. The summed E-state index contributed by atoms with van der Waals surface area (Å²) in [5.74, 6) is -1.04. The monoisotopic (exact) mass is 436 g/mol. The molecular weight excluding hydrogens is 408 g/mol. The van der Waals surface area contributed by atoms with Gasteiger partial charge in [-0.15, -0.1) is 0 Å². The number of fused-ring (bicyclic) bond motifs is 3. The minimum atomic E-state index is -0.897. The van der Waals surface area contributed by atoms with E-state index in [9.17, 15) is 14.4 Å². The van der Waals surface area contributed by atoms with Crippen LogP contribution in [0.3, 0.4) is 0 Å². The van der Waals surface area contributed by atoms with Crippen molar-refractivity contribution in [1.29, 1.82) is 0 Å². The van der Waals surface area contributed by atoms with E-state index in [1.54, 1.807) is 4.90 Å². The molecule has 1 fully saturated rings. The minimum Gasteiger partial charge on any atom is -0.481 e. The van der Waals surface area contributed by atoms with Crippen LogP contribution in [0.25, 0.3) is 11.1 Å². The van der Waals surface area contributed by atoms with Crippen molar-refractivity contribution < 1.29 is 24.2 Å². The summed E-state index contributed by atoms with van der Waals surface area (Å²) in [6.45, 7) is 0.953. The molecular formula is C25H28N2O5. The number of carboxylic acid groups (broad SMARTS) is 1. The van der Waals surface area contributed by atoms with Gasteiger partial charge in [-0.25, -0.2) is 4.79 Å². The summed E-state index contributed by atoms with van der Waals surface area (Å²) in [4.78, 5) is 37.5. The van der Waals surface area contributed by atoms with Crippen molar-refractivity contribution in [1.82, 2.24) is 10.2 Å². The molecule has 0 radical (unpaired) electrons. The molecule has 2 aliphatic rings. The van der Waals surface area contributed by atoms with Crippen LogP contribution in [0.1, 0.15) is 49.1 Å². The fraction of sp³-hybridized carbons (Fsp3) is 0.400. The summed E-state index contributed by atoms with van der Waals surface area (Å²) in [6, 6.07) is 16.0. The average Bonchev–Trinajstić information content (AvgIpc) is 3.11. The van der Waals surface area contributed by atoms with Crippen LogP contribution < -0.4 is 5.32 Å². The molecule has 1 aliphatic carbocycles. The number of carboxylic acids is 1. The smallest absolute Gasteiger partial charge is 0.407 e. The van der Waals surface area contributed by atoms with Gasteiger partial charge in [0.1, 0.15) is 6.61 Å². The molecule has 2 aromatic rings. The van der Waals surface area contributed by atoms with Crippen LogP contribution in [-0.2, 0) is 14.3 Å². The van der Waals surface area contributed by atoms with E-state index in [2.05, 4.69) is 29.6 Å². The Morgan fingerprint density at radius 3 is 2.31 bits per heavy atom. The van der Waals surface area contributed by atoms with Crippen LogP contribution >= 0.6 is 0 Å². The number of hydrogen-bond donors (Lipinski definition) is 2. The number of hydrogen-bond acceptors (Lipinski definition) is 4. The fourth-order valence-corrected chi connectivity index (χ4v) is 4.81. The lowest BCUT2D eigenvalue weighted by Gasteiger charge is -2.35. The van der Waals surface area contributed by atoms with E-state index in [-0.39, 0.29) is 43.9 Å². The third-order valence-corrected chi connectivity index (χ3v) is 6.31. The first-order chi connectivity index (χ1) is 15.5. The van der Waals surface area contributed by atoms with E-state index in [1.165, 1.54) is 11.1 Å². The number of likely N-dealkylation sites (tertiary alicyclic amines) is 1. The number of ether oxygens (including phenoxy) is 1. The highest BCUT2D eigenvalue weighted by molar-refractivity contribution is 5.80. The van der Waals surface area contributed by atoms with E-state index in [4.69, 9.17) is 9.84 Å². The van der Waals surface area contributed by atoms with Crippen molar-refractivity contribution in [3.8, 4) is 11.1 Å². The average molecular weight is 437 g/mol. The van der Waals surface area contributed by atoms with Gasteiger partial charge in [0.25, 0.3) is 0 Å². The molecule has 7 heteroatoms. The largest absolute Gasteiger partial charge is 0.481 e. The number of carbonyl (C=O) groups excluding carboxylic acids is 2. The van der Waals surface area contributed by atoms with Crippen molar-refractivity contribution >= 4 is 18.0 Å². The number of amides is 2. The molecule has 1 unspecified atom stereocenters. The van der Waals surface area contributed by atoms with Gasteiger partial charge in [-0.2, -0.15) is 0 Å². The highest BCUT2D eigenvalue weighted by atomic mass is 16.5. The highest BCUT2D eigenvalue weighted by Crippen LogP contribution is 2.44. The summed E-state index contributed by atoms with van der Waals surface area (Å²) >= 11 is 0. The molecule has 2 amide bonds. The first-order valence-electron chi connectivity index (χ1n) is 11.1. The molecule has 1 aliphatic heterocycles. The van der Waals surface area contributed by atoms with Crippen LogP contribution in [0.2, 0.25) is 0 Å². The van der Waals surface area contributed by atoms with Crippen molar-refractivity contribution in [2.75, 3.05) is 19.7 Å². The Hall–Kier alpha value is -3.35. The minimum absolute atomic E-state index is 0.0140. The molecule has 1 atom stereocenters. The maximum absolute atomic E-state index is 12.6. The number of alkyl carbamates (subject to hydrolysis) is 1. The molecule has 0 aromatic heterocycles. The molecule has 32 heavy (non-hydrogen) atoms. The second-order valence-corrected chi connectivity index (χ2v) is 8.34. The van der Waals surface area contributed by atoms with E-state index < -0.39 is 12.1 Å². The summed E-state index contributed by atoms with van der Waals surface area (Å²) in [5, 5.41) is 11.7. The second kappa shape index (κ2) is 9.85. The van der Waals surface area contributed by atoms with Gasteiger partial charge in [0.15, 0.2) is 0 Å². The van der Waals surface area contributed by atoms with Gasteiger partial charge in [0, 0.05) is 31.5 Å². The van der Waals surface area contributed by atoms with Crippen LogP contribution in [-0.4, -0.2) is 53.7 Å². The van der Waals surface area contributed by atoms with Crippen LogP contribution in [0, 0.1) is 0 Å². The van der Waals surface area contributed by atoms with E-state index in [0.29, 0.717) is 13.0 Å². The molecule has 4 rings (SSSR count). The Kier molecular flexibility index (Phi) is 6.73. The second-order valence-electron chi connectivity index (χ2n) is 8.34. The zero-order chi connectivity index (χ0) is 22.5. The first kappa shape index (κ1) is 21.9. The Bertz CT molecular complexity index is 960. The molecule has 0 spiro atoms. The number of piperidine rings is 1. The third-order valence-electron chi connectivity index (χ3n) is 6.31. The number of benzene rings is 2. The molecule has 2 N–H and O–H groups in total. The Labute approximate surface area is 187 Å². The maximum atomic E-state index is 12.6.